The van der Waals surface area contributed by atoms with Crippen molar-refractivity contribution in [3.63, 3.8) is 0 Å². The smallest absolute Gasteiger partial charge is 0.317 e. The second kappa shape index (κ2) is 7.33. The Balaban J connectivity index is 2.49. The van der Waals surface area contributed by atoms with E-state index in [9.17, 15) is 9.59 Å². The minimum atomic E-state index is -0.915. The van der Waals surface area contributed by atoms with Gasteiger partial charge in [-0.3, -0.25) is 4.79 Å². The van der Waals surface area contributed by atoms with Crippen LogP contribution in [0.3, 0.4) is 0 Å². The summed E-state index contributed by atoms with van der Waals surface area (Å²) in [7, 11) is 1.62. The molecule has 0 spiro atoms. The van der Waals surface area contributed by atoms with Crippen molar-refractivity contribution < 1.29 is 19.4 Å². The van der Waals surface area contributed by atoms with Gasteiger partial charge in [0.1, 0.15) is 5.92 Å². The summed E-state index contributed by atoms with van der Waals surface area (Å²) in [6.45, 7) is 5.27. The zero-order valence-electron chi connectivity index (χ0n) is 11.9. The van der Waals surface area contributed by atoms with Crippen LogP contribution in [0.2, 0.25) is 0 Å². The maximum Gasteiger partial charge on any atom is 0.317 e. The fourth-order valence-corrected chi connectivity index (χ4v) is 2.24. The van der Waals surface area contributed by atoms with Gasteiger partial charge < -0.3 is 20.1 Å². The van der Waals surface area contributed by atoms with Crippen LogP contribution in [-0.4, -0.2) is 54.9 Å². The molecule has 2 N–H and O–H groups in total. The Morgan fingerprint density at radius 2 is 2.00 bits per heavy atom. The number of urea groups is 1. The van der Waals surface area contributed by atoms with Crippen molar-refractivity contribution >= 4 is 12.0 Å². The molecule has 1 rings (SSSR count). The van der Waals surface area contributed by atoms with Crippen LogP contribution in [0.15, 0.2) is 0 Å². The lowest BCUT2D eigenvalue weighted by Crippen LogP contribution is -2.49. The number of carbonyl (C=O) groups is 2. The van der Waals surface area contributed by atoms with E-state index < -0.39 is 11.9 Å². The van der Waals surface area contributed by atoms with Crippen molar-refractivity contribution in [2.75, 3.05) is 26.8 Å². The first-order valence-electron chi connectivity index (χ1n) is 6.82. The molecule has 0 aromatic rings. The molecular formula is C13H24N2O4. The van der Waals surface area contributed by atoms with E-state index >= 15 is 0 Å². The van der Waals surface area contributed by atoms with Gasteiger partial charge in [-0.05, 0) is 5.92 Å². The highest BCUT2D eigenvalue weighted by Crippen LogP contribution is 2.19. The molecule has 2 amide bonds. The lowest BCUT2D eigenvalue weighted by molar-refractivity contribution is -0.142. The van der Waals surface area contributed by atoms with E-state index in [1.807, 2.05) is 0 Å². The van der Waals surface area contributed by atoms with Gasteiger partial charge in [-0.1, -0.05) is 26.7 Å². The number of aliphatic carboxylic acids is 1. The molecule has 2 atom stereocenters. The molecule has 2 unspecified atom stereocenters. The summed E-state index contributed by atoms with van der Waals surface area (Å²) in [5.74, 6) is -1.08. The molecule has 1 fully saturated rings. The lowest BCUT2D eigenvalue weighted by Gasteiger charge is -2.27. The number of likely N-dealkylation sites (N-methyl/N-ethyl adjacent to an activating group) is 1. The van der Waals surface area contributed by atoms with E-state index in [0.29, 0.717) is 12.5 Å². The summed E-state index contributed by atoms with van der Waals surface area (Å²) in [4.78, 5) is 24.5. The van der Waals surface area contributed by atoms with Gasteiger partial charge in [-0.15, -0.1) is 0 Å². The van der Waals surface area contributed by atoms with Crippen molar-refractivity contribution in [3.8, 4) is 0 Å². The third-order valence-electron chi connectivity index (χ3n) is 3.88. The van der Waals surface area contributed by atoms with Crippen molar-refractivity contribution in [1.29, 1.82) is 0 Å². The molecule has 1 heterocycles. The summed E-state index contributed by atoms with van der Waals surface area (Å²) in [5, 5.41) is 11.9. The Kier molecular flexibility index (Phi) is 6.08. The normalized spacial score (nSPS) is 22.5. The Morgan fingerprint density at radius 1 is 1.37 bits per heavy atom. The van der Waals surface area contributed by atoms with Crippen LogP contribution >= 0.6 is 0 Å². The highest BCUT2D eigenvalue weighted by atomic mass is 16.5. The van der Waals surface area contributed by atoms with Crippen molar-refractivity contribution in [1.82, 2.24) is 10.2 Å². The Bertz CT molecular complexity index is 318. The number of ether oxygens (including phenoxy) is 1. The molecular weight excluding hydrogens is 248 g/mol. The van der Waals surface area contributed by atoms with Gasteiger partial charge in [0.25, 0.3) is 0 Å². The van der Waals surface area contributed by atoms with Gasteiger partial charge in [0.15, 0.2) is 0 Å². The number of hydrogen-bond acceptors (Lipinski definition) is 3. The number of nitrogens with one attached hydrogen (secondary N) is 1. The second-order valence-electron chi connectivity index (χ2n) is 5.03. The zero-order valence-corrected chi connectivity index (χ0v) is 11.9. The van der Waals surface area contributed by atoms with E-state index in [1.54, 1.807) is 7.05 Å². The number of nitrogens with zero attached hydrogens (tertiary/aromatic N) is 1. The summed E-state index contributed by atoms with van der Waals surface area (Å²) < 4.78 is 5.17. The monoisotopic (exact) mass is 272 g/mol. The van der Waals surface area contributed by atoms with E-state index in [1.165, 1.54) is 4.90 Å². The standard InChI is InChI=1S/C13H24N2O4/c1-4-9(5-2)6-14-13(18)15(3)11-8-19-7-10(11)12(16)17/h9-11H,4-8H2,1-3H3,(H,14,18)(H,16,17). The average molecular weight is 272 g/mol. The molecule has 0 radical (unpaired) electrons. The van der Waals surface area contributed by atoms with Gasteiger partial charge >= 0.3 is 12.0 Å². The summed E-state index contributed by atoms with van der Waals surface area (Å²) in [6, 6.07) is -0.618. The third-order valence-corrected chi connectivity index (χ3v) is 3.88. The SMILES string of the molecule is CCC(CC)CNC(=O)N(C)C1COCC1C(=O)O. The lowest BCUT2D eigenvalue weighted by atomic mass is 10.0. The van der Waals surface area contributed by atoms with Crippen LogP contribution < -0.4 is 5.32 Å². The van der Waals surface area contributed by atoms with Crippen LogP contribution in [0.5, 0.6) is 0 Å². The quantitative estimate of drug-likeness (QED) is 0.760. The zero-order chi connectivity index (χ0) is 14.4. The van der Waals surface area contributed by atoms with Crippen LogP contribution in [0.1, 0.15) is 26.7 Å². The Hall–Kier alpha value is -1.30. The highest BCUT2D eigenvalue weighted by molar-refractivity contribution is 5.77. The largest absolute Gasteiger partial charge is 0.481 e. The number of amides is 2. The molecule has 0 saturated carbocycles. The summed E-state index contributed by atoms with van der Waals surface area (Å²) in [5.41, 5.74) is 0. The minimum Gasteiger partial charge on any atom is -0.481 e. The van der Waals surface area contributed by atoms with E-state index in [4.69, 9.17) is 9.84 Å². The van der Waals surface area contributed by atoms with Crippen molar-refractivity contribution in [2.24, 2.45) is 11.8 Å². The van der Waals surface area contributed by atoms with Gasteiger partial charge in [0.05, 0.1) is 19.3 Å². The van der Waals surface area contributed by atoms with Crippen LogP contribution in [0.25, 0.3) is 0 Å². The molecule has 0 aliphatic carbocycles. The second-order valence-corrected chi connectivity index (χ2v) is 5.03. The number of carboxylic acid groups (broad SMARTS) is 1. The average Bonchev–Trinajstić information content (AvgIpc) is 2.88. The summed E-state index contributed by atoms with van der Waals surface area (Å²) >= 11 is 0. The maximum atomic E-state index is 12.0. The number of carbonyl (C=O) groups excluding carboxylic acids is 1. The van der Waals surface area contributed by atoms with E-state index in [-0.39, 0.29) is 25.3 Å². The van der Waals surface area contributed by atoms with Crippen LogP contribution in [0.4, 0.5) is 4.79 Å². The van der Waals surface area contributed by atoms with Gasteiger partial charge in [-0.2, -0.15) is 0 Å². The topological polar surface area (TPSA) is 78.9 Å². The van der Waals surface area contributed by atoms with E-state index in [0.717, 1.165) is 12.8 Å². The van der Waals surface area contributed by atoms with Crippen LogP contribution in [-0.2, 0) is 9.53 Å². The van der Waals surface area contributed by atoms with Gasteiger partial charge in [-0.25, -0.2) is 4.79 Å². The molecule has 6 nitrogen and oxygen atoms in total. The van der Waals surface area contributed by atoms with Crippen LogP contribution in [0, 0.1) is 11.8 Å². The highest BCUT2D eigenvalue weighted by Gasteiger charge is 2.38. The minimum absolute atomic E-state index is 0.171. The predicted molar refractivity (Wildman–Crippen MR) is 71.0 cm³/mol. The number of rotatable bonds is 6. The number of hydrogen-bond donors (Lipinski definition) is 2. The molecule has 0 bridgehead atoms. The molecule has 110 valence electrons. The van der Waals surface area contributed by atoms with E-state index in [2.05, 4.69) is 19.2 Å². The molecule has 1 saturated heterocycles. The predicted octanol–water partition coefficient (Wildman–Crippen LogP) is 1.16. The fraction of sp³-hybridized carbons (Fsp3) is 0.846. The van der Waals surface area contributed by atoms with Crippen molar-refractivity contribution in [3.05, 3.63) is 0 Å². The maximum absolute atomic E-state index is 12.0. The van der Waals surface area contributed by atoms with Crippen molar-refractivity contribution in [2.45, 2.75) is 32.7 Å². The molecule has 19 heavy (non-hydrogen) atoms. The van der Waals surface area contributed by atoms with Gasteiger partial charge in [0.2, 0.25) is 0 Å². The molecule has 0 aromatic heterocycles. The number of carboxylic acids is 1. The first-order valence-corrected chi connectivity index (χ1v) is 6.82. The molecule has 1 aliphatic heterocycles. The fourth-order valence-electron chi connectivity index (χ4n) is 2.24. The molecule has 0 aromatic carbocycles. The first kappa shape index (κ1) is 15.8. The molecule has 1 aliphatic rings. The Labute approximate surface area is 114 Å². The Morgan fingerprint density at radius 3 is 2.53 bits per heavy atom. The summed E-state index contributed by atoms with van der Waals surface area (Å²) in [6.07, 6.45) is 2.04. The van der Waals surface area contributed by atoms with Gasteiger partial charge in [0, 0.05) is 13.6 Å². The first-order chi connectivity index (χ1) is 9.01. The third kappa shape index (κ3) is 4.09. The molecule has 6 heteroatoms.